The number of carbonyl (C=O) groups is 1. The summed E-state index contributed by atoms with van der Waals surface area (Å²) in [6.07, 6.45) is 0.254. The highest BCUT2D eigenvalue weighted by atomic mass is 32.2. The second-order valence-corrected chi connectivity index (χ2v) is 15.7. The van der Waals surface area contributed by atoms with Gasteiger partial charge in [0.1, 0.15) is 29.6 Å². The number of ether oxygens (including phenoxy) is 2. The average Bonchev–Trinajstić information content (AvgIpc) is 3.05. The van der Waals surface area contributed by atoms with Crippen LogP contribution in [0.3, 0.4) is 0 Å². The number of hydrogen-bond acceptors (Lipinski definition) is 8. The molecule has 0 saturated carbocycles. The van der Waals surface area contributed by atoms with Crippen molar-refractivity contribution >= 4 is 27.6 Å². The first-order valence-electron chi connectivity index (χ1n) is 15.7. The largest absolute Gasteiger partial charge is 0.490 e. The lowest BCUT2D eigenvalue weighted by Gasteiger charge is -2.21. The van der Waals surface area contributed by atoms with Crippen LogP contribution in [-0.4, -0.2) is 49.3 Å². The predicted molar refractivity (Wildman–Crippen MR) is 189 cm³/mol. The van der Waals surface area contributed by atoms with E-state index in [2.05, 4.69) is 26.8 Å². The zero-order valence-electron chi connectivity index (χ0n) is 27.7. The van der Waals surface area contributed by atoms with E-state index in [1.807, 2.05) is 98.8 Å². The van der Waals surface area contributed by atoms with Gasteiger partial charge in [0.15, 0.2) is 9.84 Å². The molecular formula is C38H42N2O5S2. The highest BCUT2D eigenvalue weighted by Crippen LogP contribution is 2.34. The molecule has 1 aromatic heterocycles. The van der Waals surface area contributed by atoms with Crippen molar-refractivity contribution in [2.75, 3.05) is 23.9 Å². The Labute approximate surface area is 283 Å². The van der Waals surface area contributed by atoms with E-state index in [1.54, 1.807) is 0 Å². The average molecular weight is 671 g/mol. The molecule has 0 bridgehead atoms. The number of hydrogen-bond donors (Lipinski definition) is 0. The summed E-state index contributed by atoms with van der Waals surface area (Å²) in [6.45, 7) is 10.2. The number of pyridine rings is 1. The molecule has 1 atom stereocenters. The van der Waals surface area contributed by atoms with E-state index < -0.39 is 21.9 Å². The van der Waals surface area contributed by atoms with E-state index >= 15 is 0 Å². The lowest BCUT2D eigenvalue weighted by molar-refractivity contribution is -0.146. The summed E-state index contributed by atoms with van der Waals surface area (Å²) in [5.74, 6) is -0.560. The normalized spacial score (nSPS) is 12.3. The summed E-state index contributed by atoms with van der Waals surface area (Å²) in [6, 6.07) is 29.3. The number of unbranched alkanes of at least 4 members (excludes halogenated alkanes) is 1. The van der Waals surface area contributed by atoms with Gasteiger partial charge in [-0.2, -0.15) is 5.26 Å². The Morgan fingerprint density at radius 1 is 0.979 bits per heavy atom. The zero-order valence-corrected chi connectivity index (χ0v) is 29.3. The third-order valence-corrected chi connectivity index (χ3v) is 10.3. The smallest absolute Gasteiger partial charge is 0.316 e. The Hall–Kier alpha value is -4.13. The molecule has 0 spiro atoms. The lowest BCUT2D eigenvalue weighted by atomic mass is 9.87. The molecule has 0 amide bonds. The third-order valence-electron chi connectivity index (χ3n) is 7.56. The van der Waals surface area contributed by atoms with Gasteiger partial charge >= 0.3 is 5.97 Å². The fraction of sp³-hybridized carbons (Fsp3) is 0.342. The highest BCUT2D eigenvalue weighted by molar-refractivity contribution is 8.00. The van der Waals surface area contributed by atoms with E-state index in [0.717, 1.165) is 40.4 Å². The van der Waals surface area contributed by atoms with Crippen LogP contribution < -0.4 is 4.74 Å². The van der Waals surface area contributed by atoms with E-state index in [9.17, 15) is 18.5 Å². The van der Waals surface area contributed by atoms with Crippen LogP contribution in [0, 0.1) is 18.3 Å². The topological polar surface area (TPSA) is 106 Å². The maximum atomic E-state index is 13.2. The summed E-state index contributed by atoms with van der Waals surface area (Å²) in [5.41, 5.74) is 5.69. The first-order chi connectivity index (χ1) is 22.4. The maximum Gasteiger partial charge on any atom is 0.316 e. The third kappa shape index (κ3) is 10.4. The SMILES string of the molecule is CCCCS(=O)(=O)CC(COc1ccc(C(C)(C)C)cc1)OC(=O)CSc1nc(-c2ccc(C)cc2)cc(-c2ccccc2)c1C#N. The molecule has 9 heteroatoms. The van der Waals surface area contributed by atoms with Gasteiger partial charge in [0.05, 0.1) is 28.5 Å². The fourth-order valence-electron chi connectivity index (χ4n) is 4.89. The van der Waals surface area contributed by atoms with Crippen molar-refractivity contribution in [3.05, 3.63) is 102 Å². The van der Waals surface area contributed by atoms with Crippen molar-refractivity contribution in [1.82, 2.24) is 4.98 Å². The number of esters is 1. The Bertz CT molecular complexity index is 1790. The van der Waals surface area contributed by atoms with E-state index in [4.69, 9.17) is 14.5 Å². The molecule has 0 aliphatic heterocycles. The molecule has 246 valence electrons. The van der Waals surface area contributed by atoms with Crippen LogP contribution in [0.5, 0.6) is 5.75 Å². The van der Waals surface area contributed by atoms with Gasteiger partial charge in [0.25, 0.3) is 0 Å². The highest BCUT2D eigenvalue weighted by Gasteiger charge is 2.25. The number of aryl methyl sites for hydroxylation is 1. The molecule has 4 rings (SSSR count). The van der Waals surface area contributed by atoms with E-state index in [0.29, 0.717) is 34.0 Å². The summed E-state index contributed by atoms with van der Waals surface area (Å²) < 4.78 is 37.4. The molecule has 0 radical (unpaired) electrons. The molecule has 3 aromatic carbocycles. The van der Waals surface area contributed by atoms with Crippen LogP contribution in [0.15, 0.2) is 90.0 Å². The van der Waals surface area contributed by atoms with Gasteiger partial charge in [0.2, 0.25) is 0 Å². The van der Waals surface area contributed by atoms with Crippen molar-refractivity contribution in [3.8, 4) is 34.2 Å². The van der Waals surface area contributed by atoms with Gasteiger partial charge in [-0.25, -0.2) is 13.4 Å². The minimum Gasteiger partial charge on any atom is -0.490 e. The Morgan fingerprint density at radius 3 is 2.28 bits per heavy atom. The van der Waals surface area contributed by atoms with Crippen LogP contribution >= 0.6 is 11.8 Å². The fourth-order valence-corrected chi connectivity index (χ4v) is 7.30. The Balaban J connectivity index is 1.55. The van der Waals surface area contributed by atoms with Crippen LogP contribution in [0.2, 0.25) is 0 Å². The first kappa shape index (κ1) is 35.7. The number of nitrogens with zero attached hydrogens (tertiary/aromatic N) is 2. The number of thioether (sulfide) groups is 1. The number of sulfone groups is 1. The molecule has 0 saturated heterocycles. The van der Waals surface area contributed by atoms with Crippen LogP contribution in [0.1, 0.15) is 57.2 Å². The molecule has 0 fully saturated rings. The van der Waals surface area contributed by atoms with Crippen molar-refractivity contribution < 1.29 is 22.7 Å². The molecule has 1 heterocycles. The summed E-state index contributed by atoms with van der Waals surface area (Å²) >= 11 is 1.09. The Morgan fingerprint density at radius 2 is 1.66 bits per heavy atom. The van der Waals surface area contributed by atoms with Crippen LogP contribution in [0.25, 0.3) is 22.4 Å². The summed E-state index contributed by atoms with van der Waals surface area (Å²) in [7, 11) is -3.49. The number of nitriles is 1. The van der Waals surface area contributed by atoms with Gasteiger partial charge in [-0.05, 0) is 48.1 Å². The molecule has 0 aliphatic carbocycles. The second-order valence-electron chi connectivity index (χ2n) is 12.5. The monoisotopic (exact) mass is 670 g/mol. The van der Waals surface area contributed by atoms with Crippen molar-refractivity contribution in [1.29, 1.82) is 5.26 Å². The Kier molecular flexibility index (Phi) is 12.3. The van der Waals surface area contributed by atoms with E-state index in [-0.39, 0.29) is 29.3 Å². The van der Waals surface area contributed by atoms with Crippen LogP contribution in [-0.2, 0) is 24.8 Å². The molecule has 1 unspecified atom stereocenters. The molecule has 4 aromatic rings. The molecule has 7 nitrogen and oxygen atoms in total. The van der Waals surface area contributed by atoms with E-state index in [1.165, 1.54) is 0 Å². The van der Waals surface area contributed by atoms with Gasteiger partial charge < -0.3 is 9.47 Å². The van der Waals surface area contributed by atoms with Gasteiger partial charge in [0, 0.05) is 11.1 Å². The maximum absolute atomic E-state index is 13.2. The molecular weight excluding hydrogens is 629 g/mol. The number of aromatic nitrogens is 1. The van der Waals surface area contributed by atoms with Crippen LogP contribution in [0.4, 0.5) is 0 Å². The molecule has 0 N–H and O–H groups in total. The summed E-state index contributed by atoms with van der Waals surface area (Å²) in [5, 5.41) is 10.6. The number of rotatable bonds is 14. The minimum atomic E-state index is -3.49. The minimum absolute atomic E-state index is 0.0100. The van der Waals surface area contributed by atoms with Gasteiger partial charge in [-0.3, -0.25) is 4.79 Å². The lowest BCUT2D eigenvalue weighted by Crippen LogP contribution is -2.34. The van der Waals surface area contributed by atoms with Crippen molar-refractivity contribution in [2.24, 2.45) is 0 Å². The van der Waals surface area contributed by atoms with Gasteiger partial charge in [-0.1, -0.05) is 118 Å². The van der Waals surface area contributed by atoms with Crippen molar-refractivity contribution in [2.45, 2.75) is 64.0 Å². The predicted octanol–water partition coefficient (Wildman–Crippen LogP) is 8.19. The number of benzene rings is 3. The van der Waals surface area contributed by atoms with Crippen molar-refractivity contribution in [3.63, 3.8) is 0 Å². The van der Waals surface area contributed by atoms with Gasteiger partial charge in [-0.15, -0.1) is 0 Å². The quantitative estimate of drug-likeness (QED) is 0.0977. The zero-order chi connectivity index (χ0) is 34.0. The first-order valence-corrected chi connectivity index (χ1v) is 18.5. The molecule has 0 aliphatic rings. The second kappa shape index (κ2) is 16.1. The number of carbonyl (C=O) groups excluding carboxylic acids is 1. The summed E-state index contributed by atoms with van der Waals surface area (Å²) in [4.78, 5) is 18.0. The standard InChI is InChI=1S/C38H42N2O5S2/c1-6-7-21-47(42,43)26-32(24-44-31-19-17-30(18-20-31)38(3,4)5)45-36(41)25-46-37-34(23-39)33(28-11-9-8-10-12-28)22-35(40-37)29-15-13-27(2)14-16-29/h8-20,22,32H,6-7,21,24-26H2,1-5H3. The molecule has 47 heavy (non-hydrogen) atoms.